The van der Waals surface area contributed by atoms with Crippen molar-refractivity contribution in [1.82, 2.24) is 0 Å². The number of para-hydroxylation sites is 1. The molecule has 3 nitrogen and oxygen atoms in total. The molecule has 2 rings (SSSR count). The van der Waals surface area contributed by atoms with Crippen LogP contribution in [-0.2, 0) is 10.2 Å². The van der Waals surface area contributed by atoms with Crippen molar-refractivity contribution in [3.8, 4) is 11.5 Å². The first-order chi connectivity index (χ1) is 9.05. The lowest BCUT2D eigenvalue weighted by Gasteiger charge is -2.26. The molecular weight excluding hydrogens is 240 g/mol. The van der Waals surface area contributed by atoms with E-state index in [9.17, 15) is 9.90 Å². The second kappa shape index (κ2) is 5.14. The second-order valence-corrected chi connectivity index (χ2v) is 4.88. The number of hydrogen-bond acceptors (Lipinski definition) is 3. The highest BCUT2D eigenvalue weighted by Crippen LogP contribution is 2.36. The van der Waals surface area contributed by atoms with E-state index >= 15 is 0 Å². The van der Waals surface area contributed by atoms with E-state index in [0.717, 1.165) is 11.1 Å². The Kier molecular flexibility index (Phi) is 3.56. The molecule has 0 aliphatic rings. The Hall–Kier alpha value is -2.29. The van der Waals surface area contributed by atoms with E-state index < -0.39 is 0 Å². The van der Waals surface area contributed by atoms with Crippen LogP contribution in [0.4, 0.5) is 0 Å². The van der Waals surface area contributed by atoms with Gasteiger partial charge in [0.2, 0.25) is 0 Å². The Morgan fingerprint density at radius 2 is 1.68 bits per heavy atom. The molecule has 0 aliphatic carbocycles. The Labute approximate surface area is 112 Å². The zero-order chi connectivity index (χ0) is 13.9. The van der Waals surface area contributed by atoms with Crippen molar-refractivity contribution >= 4 is 6.47 Å². The van der Waals surface area contributed by atoms with Crippen molar-refractivity contribution in [3.05, 3.63) is 59.7 Å². The summed E-state index contributed by atoms with van der Waals surface area (Å²) in [6.45, 7) is 4.48. The van der Waals surface area contributed by atoms with E-state index in [0.29, 0.717) is 12.2 Å². The van der Waals surface area contributed by atoms with E-state index in [2.05, 4.69) is 0 Å². The highest BCUT2D eigenvalue weighted by molar-refractivity contribution is 5.48. The number of aromatic hydroxyl groups is 1. The molecule has 0 bridgehead atoms. The van der Waals surface area contributed by atoms with Crippen molar-refractivity contribution in [2.24, 2.45) is 0 Å². The molecule has 19 heavy (non-hydrogen) atoms. The minimum Gasteiger partial charge on any atom is -0.508 e. The van der Waals surface area contributed by atoms with Crippen LogP contribution in [0.25, 0.3) is 0 Å². The van der Waals surface area contributed by atoms with Gasteiger partial charge in [-0.05, 0) is 23.8 Å². The normalized spacial score (nSPS) is 11.1. The monoisotopic (exact) mass is 256 g/mol. The van der Waals surface area contributed by atoms with Crippen LogP contribution in [0.1, 0.15) is 25.0 Å². The van der Waals surface area contributed by atoms with Crippen LogP contribution in [0.15, 0.2) is 48.5 Å². The summed E-state index contributed by atoms with van der Waals surface area (Å²) in [6, 6.07) is 14.6. The zero-order valence-electron chi connectivity index (χ0n) is 11.0. The summed E-state index contributed by atoms with van der Waals surface area (Å²) in [7, 11) is 0. The summed E-state index contributed by atoms with van der Waals surface area (Å²) < 4.78 is 4.77. The van der Waals surface area contributed by atoms with Gasteiger partial charge in [0.1, 0.15) is 11.5 Å². The van der Waals surface area contributed by atoms with Gasteiger partial charge < -0.3 is 9.84 Å². The summed E-state index contributed by atoms with van der Waals surface area (Å²) in [5.74, 6) is 0.785. The van der Waals surface area contributed by atoms with Crippen LogP contribution < -0.4 is 4.74 Å². The van der Waals surface area contributed by atoms with Crippen LogP contribution in [0.3, 0.4) is 0 Å². The number of rotatable bonds is 4. The third kappa shape index (κ3) is 2.60. The van der Waals surface area contributed by atoms with Crippen LogP contribution in [0.2, 0.25) is 0 Å². The maximum atomic E-state index is 10.3. The standard InChI is InChI=1S/C16H16O3/c1-16(2,14-5-3-4-6-15(14)18)12-7-9-13(10-8-12)19-11-17/h3-11,18H,1-2H3. The maximum absolute atomic E-state index is 10.3. The van der Waals surface area contributed by atoms with Crippen molar-refractivity contribution in [2.45, 2.75) is 19.3 Å². The van der Waals surface area contributed by atoms with E-state index in [4.69, 9.17) is 4.74 Å². The maximum Gasteiger partial charge on any atom is 0.298 e. The van der Waals surface area contributed by atoms with E-state index in [1.807, 2.05) is 38.1 Å². The van der Waals surface area contributed by atoms with Crippen LogP contribution >= 0.6 is 0 Å². The highest BCUT2D eigenvalue weighted by atomic mass is 16.5. The van der Waals surface area contributed by atoms with Crippen molar-refractivity contribution < 1.29 is 14.6 Å². The molecule has 0 aliphatic heterocycles. The first kappa shape index (κ1) is 13.1. The molecule has 0 radical (unpaired) electrons. The third-order valence-electron chi connectivity index (χ3n) is 3.34. The molecule has 2 aromatic rings. The molecule has 0 heterocycles. The molecule has 3 heteroatoms. The number of carbonyl (C=O) groups is 1. The van der Waals surface area contributed by atoms with Gasteiger partial charge >= 0.3 is 0 Å². The fourth-order valence-corrected chi connectivity index (χ4v) is 2.16. The lowest BCUT2D eigenvalue weighted by Crippen LogP contribution is -2.18. The molecular formula is C16H16O3. The average Bonchev–Trinajstić information content (AvgIpc) is 2.40. The Bertz CT molecular complexity index is 571. The molecule has 0 saturated heterocycles. The minimum atomic E-state index is -0.328. The lowest BCUT2D eigenvalue weighted by atomic mass is 9.78. The predicted molar refractivity (Wildman–Crippen MR) is 73.4 cm³/mol. The zero-order valence-corrected chi connectivity index (χ0v) is 11.0. The molecule has 1 N–H and O–H groups in total. The van der Waals surface area contributed by atoms with Gasteiger partial charge in [-0.25, -0.2) is 0 Å². The van der Waals surface area contributed by atoms with Gasteiger partial charge in [0.25, 0.3) is 6.47 Å². The quantitative estimate of drug-likeness (QED) is 0.854. The van der Waals surface area contributed by atoms with Crippen molar-refractivity contribution in [2.75, 3.05) is 0 Å². The van der Waals surface area contributed by atoms with Crippen LogP contribution in [0, 0.1) is 0 Å². The van der Waals surface area contributed by atoms with Crippen molar-refractivity contribution in [1.29, 1.82) is 0 Å². The molecule has 98 valence electrons. The van der Waals surface area contributed by atoms with E-state index in [1.165, 1.54) is 0 Å². The fraction of sp³-hybridized carbons (Fsp3) is 0.188. The SMILES string of the molecule is CC(C)(c1ccc(OC=O)cc1)c1ccccc1O. The Morgan fingerprint density at radius 1 is 1.05 bits per heavy atom. The van der Waals surface area contributed by atoms with Gasteiger partial charge in [-0.15, -0.1) is 0 Å². The molecule has 0 saturated carbocycles. The summed E-state index contributed by atoms with van der Waals surface area (Å²) in [6.07, 6.45) is 0. The lowest BCUT2D eigenvalue weighted by molar-refractivity contribution is -0.120. The first-order valence-corrected chi connectivity index (χ1v) is 6.05. The largest absolute Gasteiger partial charge is 0.508 e. The van der Waals surface area contributed by atoms with Gasteiger partial charge in [-0.3, -0.25) is 4.79 Å². The summed E-state index contributed by atoms with van der Waals surface area (Å²) >= 11 is 0. The average molecular weight is 256 g/mol. The van der Waals surface area contributed by atoms with Gasteiger partial charge in [-0.2, -0.15) is 0 Å². The van der Waals surface area contributed by atoms with Gasteiger partial charge in [-0.1, -0.05) is 44.2 Å². The van der Waals surface area contributed by atoms with Crippen LogP contribution in [0.5, 0.6) is 11.5 Å². The molecule has 0 fully saturated rings. The number of phenols is 1. The molecule has 0 atom stereocenters. The van der Waals surface area contributed by atoms with Crippen LogP contribution in [-0.4, -0.2) is 11.6 Å². The number of phenolic OH excluding ortho intramolecular Hbond substituents is 1. The number of hydrogen-bond donors (Lipinski definition) is 1. The van der Waals surface area contributed by atoms with E-state index in [-0.39, 0.29) is 11.2 Å². The molecule has 0 aromatic heterocycles. The van der Waals surface area contributed by atoms with Gasteiger partial charge in [0, 0.05) is 11.0 Å². The minimum absolute atomic E-state index is 0.278. The van der Waals surface area contributed by atoms with Crippen molar-refractivity contribution in [3.63, 3.8) is 0 Å². The smallest absolute Gasteiger partial charge is 0.298 e. The Morgan fingerprint density at radius 3 is 2.26 bits per heavy atom. The predicted octanol–water partition coefficient (Wildman–Crippen LogP) is 3.25. The highest BCUT2D eigenvalue weighted by Gasteiger charge is 2.25. The summed E-state index contributed by atoms with van der Waals surface area (Å²) in [5.41, 5.74) is 1.57. The molecule has 0 spiro atoms. The second-order valence-electron chi connectivity index (χ2n) is 4.88. The number of carbonyl (C=O) groups excluding carboxylic acids is 1. The summed E-state index contributed by atoms with van der Waals surface area (Å²) in [4.78, 5) is 10.3. The number of ether oxygens (including phenoxy) is 1. The fourth-order valence-electron chi connectivity index (χ4n) is 2.16. The molecule has 2 aromatic carbocycles. The first-order valence-electron chi connectivity index (χ1n) is 6.05. The van der Waals surface area contributed by atoms with Gasteiger partial charge in [0.05, 0.1) is 0 Å². The number of benzene rings is 2. The summed E-state index contributed by atoms with van der Waals surface area (Å²) in [5, 5.41) is 9.98. The molecule has 0 amide bonds. The molecule has 0 unspecified atom stereocenters. The van der Waals surface area contributed by atoms with E-state index in [1.54, 1.807) is 24.3 Å². The Balaban J connectivity index is 2.39. The third-order valence-corrected chi connectivity index (χ3v) is 3.34. The topological polar surface area (TPSA) is 46.5 Å². The van der Waals surface area contributed by atoms with Gasteiger partial charge in [0.15, 0.2) is 0 Å².